The van der Waals surface area contributed by atoms with E-state index in [-0.39, 0.29) is 17.7 Å². The van der Waals surface area contributed by atoms with Gasteiger partial charge in [0.1, 0.15) is 5.54 Å². The summed E-state index contributed by atoms with van der Waals surface area (Å²) in [6.45, 7) is 3.12. The first kappa shape index (κ1) is 12.2. The molecule has 0 bridgehead atoms. The van der Waals surface area contributed by atoms with Crippen molar-refractivity contribution in [1.29, 1.82) is 0 Å². The molecule has 0 saturated carbocycles. The number of carbonyl (C=O) groups is 2. The van der Waals surface area contributed by atoms with Crippen molar-refractivity contribution in [3.05, 3.63) is 35.9 Å². The van der Waals surface area contributed by atoms with Gasteiger partial charge in [0.05, 0.1) is 5.92 Å². The van der Waals surface area contributed by atoms with Crippen molar-refractivity contribution >= 4 is 11.8 Å². The SMILES string of the molecule is C[C@H]1C(=O)N(Cc2ccccc2)[C@]12CCCNC2=O. The molecule has 2 atom stereocenters. The summed E-state index contributed by atoms with van der Waals surface area (Å²) in [6.07, 6.45) is 1.72. The van der Waals surface area contributed by atoms with Gasteiger partial charge in [-0.1, -0.05) is 37.3 Å². The highest BCUT2D eigenvalue weighted by atomic mass is 16.2. The van der Waals surface area contributed by atoms with Crippen molar-refractivity contribution in [2.24, 2.45) is 5.92 Å². The Morgan fingerprint density at radius 2 is 2.05 bits per heavy atom. The van der Waals surface area contributed by atoms with E-state index in [1.165, 1.54) is 0 Å². The predicted molar refractivity (Wildman–Crippen MR) is 71.1 cm³/mol. The monoisotopic (exact) mass is 258 g/mol. The van der Waals surface area contributed by atoms with Crippen molar-refractivity contribution < 1.29 is 9.59 Å². The minimum absolute atomic E-state index is 0.0155. The molecular formula is C15H18N2O2. The van der Waals surface area contributed by atoms with Crippen LogP contribution in [0.2, 0.25) is 0 Å². The Morgan fingerprint density at radius 1 is 1.32 bits per heavy atom. The molecule has 4 heteroatoms. The molecule has 4 nitrogen and oxygen atoms in total. The van der Waals surface area contributed by atoms with Crippen LogP contribution in [0.4, 0.5) is 0 Å². The van der Waals surface area contributed by atoms with Gasteiger partial charge >= 0.3 is 0 Å². The third kappa shape index (κ3) is 1.66. The number of nitrogens with one attached hydrogen (secondary N) is 1. The van der Waals surface area contributed by atoms with E-state index < -0.39 is 5.54 Å². The normalized spacial score (nSPS) is 30.2. The van der Waals surface area contributed by atoms with Gasteiger partial charge in [0.25, 0.3) is 0 Å². The van der Waals surface area contributed by atoms with Crippen LogP contribution < -0.4 is 5.32 Å². The zero-order valence-corrected chi connectivity index (χ0v) is 11.1. The van der Waals surface area contributed by atoms with Gasteiger partial charge in [-0.25, -0.2) is 0 Å². The number of amides is 2. The van der Waals surface area contributed by atoms with Gasteiger partial charge in [0.15, 0.2) is 0 Å². The third-order valence-electron chi connectivity index (χ3n) is 4.43. The van der Waals surface area contributed by atoms with Gasteiger partial charge in [0.2, 0.25) is 11.8 Å². The Bertz CT molecular complexity index is 514. The lowest BCUT2D eigenvalue weighted by molar-refractivity contribution is -0.182. The largest absolute Gasteiger partial charge is 0.354 e. The topological polar surface area (TPSA) is 49.4 Å². The highest BCUT2D eigenvalue weighted by Gasteiger charge is 2.62. The Balaban J connectivity index is 1.87. The summed E-state index contributed by atoms with van der Waals surface area (Å²) in [7, 11) is 0. The minimum Gasteiger partial charge on any atom is -0.354 e. The van der Waals surface area contributed by atoms with E-state index >= 15 is 0 Å². The Labute approximate surface area is 112 Å². The summed E-state index contributed by atoms with van der Waals surface area (Å²) in [5.74, 6) is -0.0980. The number of nitrogens with zero attached hydrogens (tertiary/aromatic N) is 1. The number of hydrogen-bond acceptors (Lipinski definition) is 2. The van der Waals surface area contributed by atoms with E-state index in [0.717, 1.165) is 24.9 Å². The second-order valence-electron chi connectivity index (χ2n) is 5.42. The van der Waals surface area contributed by atoms with E-state index in [2.05, 4.69) is 5.32 Å². The number of β-lactam (4-membered cyclic amide) rings is 1. The average molecular weight is 258 g/mol. The van der Waals surface area contributed by atoms with Gasteiger partial charge < -0.3 is 10.2 Å². The molecule has 0 unspecified atom stereocenters. The van der Waals surface area contributed by atoms with Crippen LogP contribution in [0.1, 0.15) is 25.3 Å². The van der Waals surface area contributed by atoms with Crippen molar-refractivity contribution in [3.63, 3.8) is 0 Å². The zero-order chi connectivity index (χ0) is 13.5. The van der Waals surface area contributed by atoms with Crippen molar-refractivity contribution in [2.75, 3.05) is 6.54 Å². The Morgan fingerprint density at radius 3 is 2.74 bits per heavy atom. The zero-order valence-electron chi connectivity index (χ0n) is 11.1. The Hall–Kier alpha value is -1.84. The number of rotatable bonds is 2. The van der Waals surface area contributed by atoms with E-state index in [1.54, 1.807) is 4.90 Å². The molecule has 2 aliphatic heterocycles. The molecule has 1 spiro atoms. The number of likely N-dealkylation sites (tertiary alicyclic amines) is 1. The minimum atomic E-state index is -0.606. The van der Waals surface area contributed by atoms with E-state index in [9.17, 15) is 9.59 Å². The Kier molecular flexibility index (Phi) is 2.81. The van der Waals surface area contributed by atoms with Crippen LogP contribution in [0.5, 0.6) is 0 Å². The van der Waals surface area contributed by atoms with Crippen molar-refractivity contribution in [3.8, 4) is 0 Å². The standard InChI is InChI=1S/C15H18N2O2/c1-11-13(18)17(10-12-6-3-2-4-7-12)15(11)8-5-9-16-14(15)19/h2-4,6-7,11H,5,8-10H2,1H3,(H,16,19)/t11-,15+/m0/s1. The first-order chi connectivity index (χ1) is 9.16. The highest BCUT2D eigenvalue weighted by Crippen LogP contribution is 2.43. The van der Waals surface area contributed by atoms with Crippen LogP contribution in [0.25, 0.3) is 0 Å². The lowest BCUT2D eigenvalue weighted by Gasteiger charge is -2.56. The first-order valence-electron chi connectivity index (χ1n) is 6.80. The van der Waals surface area contributed by atoms with E-state index in [1.807, 2.05) is 37.3 Å². The number of hydrogen-bond donors (Lipinski definition) is 1. The second-order valence-corrected chi connectivity index (χ2v) is 5.42. The maximum absolute atomic E-state index is 12.2. The molecule has 100 valence electrons. The lowest BCUT2D eigenvalue weighted by Crippen LogP contribution is -2.76. The van der Waals surface area contributed by atoms with Crippen molar-refractivity contribution in [1.82, 2.24) is 10.2 Å². The van der Waals surface area contributed by atoms with Crippen LogP contribution in [-0.4, -0.2) is 28.8 Å². The van der Waals surface area contributed by atoms with Crippen LogP contribution in [0, 0.1) is 5.92 Å². The van der Waals surface area contributed by atoms with Gasteiger partial charge in [-0.15, -0.1) is 0 Å². The third-order valence-corrected chi connectivity index (χ3v) is 4.43. The number of benzene rings is 1. The van der Waals surface area contributed by atoms with Crippen molar-refractivity contribution in [2.45, 2.75) is 31.8 Å². The quantitative estimate of drug-likeness (QED) is 0.813. The van der Waals surface area contributed by atoms with Crippen LogP contribution in [0.15, 0.2) is 30.3 Å². The molecular weight excluding hydrogens is 240 g/mol. The summed E-state index contributed by atoms with van der Waals surface area (Å²) >= 11 is 0. The van der Waals surface area contributed by atoms with Crippen LogP contribution in [0.3, 0.4) is 0 Å². The van der Waals surface area contributed by atoms with Crippen LogP contribution >= 0.6 is 0 Å². The summed E-state index contributed by atoms with van der Waals surface area (Å²) < 4.78 is 0. The number of carbonyl (C=O) groups excluding carboxylic acids is 2. The van der Waals surface area contributed by atoms with Gasteiger partial charge in [-0.2, -0.15) is 0 Å². The molecule has 0 aliphatic carbocycles. The molecule has 1 aromatic rings. The molecule has 1 N–H and O–H groups in total. The molecule has 2 saturated heterocycles. The first-order valence-corrected chi connectivity index (χ1v) is 6.80. The molecule has 19 heavy (non-hydrogen) atoms. The average Bonchev–Trinajstić information content (AvgIpc) is 2.46. The predicted octanol–water partition coefficient (Wildman–Crippen LogP) is 1.31. The highest BCUT2D eigenvalue weighted by molar-refractivity contribution is 6.03. The maximum atomic E-state index is 12.2. The summed E-state index contributed by atoms with van der Waals surface area (Å²) in [5, 5.41) is 2.91. The fraction of sp³-hybridized carbons (Fsp3) is 0.467. The number of piperidine rings is 1. The molecule has 2 amide bonds. The summed E-state index contributed by atoms with van der Waals surface area (Å²) in [4.78, 5) is 26.1. The fourth-order valence-corrected chi connectivity index (χ4v) is 3.28. The summed E-state index contributed by atoms with van der Waals surface area (Å²) in [6, 6.07) is 9.84. The molecule has 1 aromatic carbocycles. The fourth-order valence-electron chi connectivity index (χ4n) is 3.28. The van der Waals surface area contributed by atoms with Gasteiger partial charge in [0, 0.05) is 13.1 Å². The maximum Gasteiger partial charge on any atom is 0.246 e. The smallest absolute Gasteiger partial charge is 0.246 e. The molecule has 2 fully saturated rings. The second kappa shape index (κ2) is 4.37. The summed E-state index contributed by atoms with van der Waals surface area (Å²) in [5.41, 5.74) is 0.464. The van der Waals surface area contributed by atoms with Gasteiger partial charge in [-0.3, -0.25) is 9.59 Å². The molecule has 0 aromatic heterocycles. The lowest BCUT2D eigenvalue weighted by atomic mass is 9.69. The molecule has 0 radical (unpaired) electrons. The van der Waals surface area contributed by atoms with Crippen LogP contribution in [-0.2, 0) is 16.1 Å². The van der Waals surface area contributed by atoms with Gasteiger partial charge in [-0.05, 0) is 18.4 Å². The molecule has 2 heterocycles. The molecule has 3 rings (SSSR count). The van der Waals surface area contributed by atoms with E-state index in [4.69, 9.17) is 0 Å². The van der Waals surface area contributed by atoms with E-state index in [0.29, 0.717) is 6.54 Å². The molecule has 2 aliphatic rings.